The van der Waals surface area contributed by atoms with E-state index in [2.05, 4.69) is 22.5 Å². The first-order valence-electron chi connectivity index (χ1n) is 8.85. The summed E-state index contributed by atoms with van der Waals surface area (Å²) in [5.74, 6) is 0.272. The first-order chi connectivity index (χ1) is 13.4. The Kier molecular flexibility index (Phi) is 6.60. The van der Waals surface area contributed by atoms with E-state index in [1.54, 1.807) is 18.2 Å². The molecule has 1 aromatic heterocycles. The van der Waals surface area contributed by atoms with E-state index in [0.717, 1.165) is 17.0 Å². The maximum absolute atomic E-state index is 12.1. The standard InChI is InChI=1S/C21H21Cl2N3O2/c1-14-18(15(2)26(25-14)12-16-6-4-3-5-7-16)11-24-21(27)13-28-17-8-9-19(22)20(23)10-17/h3-10H,11-13H2,1-2H3,(H,24,27). The molecule has 0 spiro atoms. The van der Waals surface area contributed by atoms with E-state index in [-0.39, 0.29) is 12.5 Å². The SMILES string of the molecule is Cc1nn(Cc2ccccc2)c(C)c1CNC(=O)COc1ccc(Cl)c(Cl)c1. The molecule has 0 unspecified atom stereocenters. The number of hydrogen-bond acceptors (Lipinski definition) is 3. The second-order valence-electron chi connectivity index (χ2n) is 6.43. The molecule has 7 heteroatoms. The molecule has 0 bridgehead atoms. The fraction of sp³-hybridized carbons (Fsp3) is 0.238. The number of halogens is 2. The lowest BCUT2D eigenvalue weighted by Crippen LogP contribution is -2.28. The molecule has 1 N–H and O–H groups in total. The summed E-state index contributed by atoms with van der Waals surface area (Å²) in [6, 6.07) is 15.0. The van der Waals surface area contributed by atoms with Crippen molar-refractivity contribution in [1.29, 1.82) is 0 Å². The van der Waals surface area contributed by atoms with E-state index >= 15 is 0 Å². The Morgan fingerprint density at radius 2 is 1.86 bits per heavy atom. The summed E-state index contributed by atoms with van der Waals surface area (Å²) < 4.78 is 7.42. The molecular formula is C21H21Cl2N3O2. The van der Waals surface area contributed by atoms with E-state index in [4.69, 9.17) is 27.9 Å². The molecule has 28 heavy (non-hydrogen) atoms. The molecule has 0 aliphatic carbocycles. The van der Waals surface area contributed by atoms with E-state index in [1.165, 1.54) is 5.56 Å². The zero-order valence-electron chi connectivity index (χ0n) is 15.7. The van der Waals surface area contributed by atoms with Gasteiger partial charge in [0.25, 0.3) is 5.91 Å². The van der Waals surface area contributed by atoms with E-state index < -0.39 is 0 Å². The Hall–Kier alpha value is -2.50. The summed E-state index contributed by atoms with van der Waals surface area (Å²) in [6.07, 6.45) is 0. The normalized spacial score (nSPS) is 10.7. The predicted octanol–water partition coefficient (Wildman–Crippen LogP) is 4.55. The van der Waals surface area contributed by atoms with Crippen LogP contribution in [0.2, 0.25) is 10.0 Å². The number of rotatable bonds is 7. The van der Waals surface area contributed by atoms with Crippen molar-refractivity contribution in [2.24, 2.45) is 0 Å². The summed E-state index contributed by atoms with van der Waals surface area (Å²) in [5.41, 5.74) is 4.13. The van der Waals surface area contributed by atoms with Crippen LogP contribution in [0.5, 0.6) is 5.75 Å². The molecule has 3 rings (SSSR count). The lowest BCUT2D eigenvalue weighted by Gasteiger charge is -2.09. The Morgan fingerprint density at radius 1 is 1.11 bits per heavy atom. The third-order valence-electron chi connectivity index (χ3n) is 4.43. The van der Waals surface area contributed by atoms with Crippen molar-refractivity contribution in [3.8, 4) is 5.75 Å². The molecule has 5 nitrogen and oxygen atoms in total. The number of carbonyl (C=O) groups is 1. The van der Waals surface area contributed by atoms with Crippen LogP contribution in [0.1, 0.15) is 22.5 Å². The smallest absolute Gasteiger partial charge is 0.258 e. The Balaban J connectivity index is 1.56. The van der Waals surface area contributed by atoms with Gasteiger partial charge in [-0.25, -0.2) is 0 Å². The fourth-order valence-electron chi connectivity index (χ4n) is 2.85. The fourth-order valence-corrected chi connectivity index (χ4v) is 3.14. The van der Waals surface area contributed by atoms with Crippen LogP contribution < -0.4 is 10.1 Å². The zero-order chi connectivity index (χ0) is 20.1. The van der Waals surface area contributed by atoms with Gasteiger partial charge < -0.3 is 10.1 Å². The van der Waals surface area contributed by atoms with Gasteiger partial charge in [0, 0.05) is 23.9 Å². The number of nitrogens with one attached hydrogen (secondary N) is 1. The average molecular weight is 418 g/mol. The molecule has 1 amide bonds. The van der Waals surface area contributed by atoms with Crippen LogP contribution in [0.15, 0.2) is 48.5 Å². The summed E-state index contributed by atoms with van der Waals surface area (Å²) in [4.78, 5) is 12.1. The van der Waals surface area contributed by atoms with Gasteiger partial charge in [0.1, 0.15) is 5.75 Å². The van der Waals surface area contributed by atoms with E-state index in [9.17, 15) is 4.79 Å². The number of hydrogen-bond donors (Lipinski definition) is 1. The third kappa shape index (κ3) is 5.06. The van der Waals surface area contributed by atoms with Crippen molar-refractivity contribution in [1.82, 2.24) is 15.1 Å². The highest BCUT2D eigenvalue weighted by molar-refractivity contribution is 6.42. The first-order valence-corrected chi connectivity index (χ1v) is 9.61. The molecule has 1 heterocycles. The molecule has 2 aromatic carbocycles. The number of carbonyl (C=O) groups excluding carboxylic acids is 1. The van der Waals surface area contributed by atoms with Gasteiger partial charge in [-0.15, -0.1) is 0 Å². The average Bonchev–Trinajstić information content (AvgIpc) is 2.95. The van der Waals surface area contributed by atoms with Crippen molar-refractivity contribution < 1.29 is 9.53 Å². The largest absolute Gasteiger partial charge is 0.484 e. The highest BCUT2D eigenvalue weighted by atomic mass is 35.5. The monoisotopic (exact) mass is 417 g/mol. The maximum atomic E-state index is 12.1. The molecule has 0 saturated heterocycles. The lowest BCUT2D eigenvalue weighted by molar-refractivity contribution is -0.123. The van der Waals surface area contributed by atoms with Gasteiger partial charge >= 0.3 is 0 Å². The number of aromatic nitrogens is 2. The minimum Gasteiger partial charge on any atom is -0.484 e. The van der Waals surface area contributed by atoms with Gasteiger partial charge in [0.15, 0.2) is 6.61 Å². The molecule has 0 atom stereocenters. The van der Waals surface area contributed by atoms with E-state index in [1.807, 2.05) is 36.7 Å². The topological polar surface area (TPSA) is 56.2 Å². The molecule has 0 saturated carbocycles. The quantitative estimate of drug-likeness (QED) is 0.613. The summed E-state index contributed by atoms with van der Waals surface area (Å²) in [7, 11) is 0. The number of benzene rings is 2. The molecule has 0 aliphatic heterocycles. The minimum absolute atomic E-state index is 0.103. The van der Waals surface area contributed by atoms with Gasteiger partial charge in [-0.05, 0) is 31.5 Å². The van der Waals surface area contributed by atoms with Gasteiger partial charge in [0.2, 0.25) is 0 Å². The molecule has 3 aromatic rings. The second-order valence-corrected chi connectivity index (χ2v) is 7.25. The number of nitrogens with zero attached hydrogens (tertiary/aromatic N) is 2. The Morgan fingerprint density at radius 3 is 2.57 bits per heavy atom. The Labute approximate surface area is 174 Å². The van der Waals surface area contributed by atoms with Crippen LogP contribution in [0.25, 0.3) is 0 Å². The van der Waals surface area contributed by atoms with Crippen molar-refractivity contribution in [3.63, 3.8) is 0 Å². The number of aryl methyl sites for hydroxylation is 1. The van der Waals surface area contributed by atoms with Crippen LogP contribution in [-0.4, -0.2) is 22.3 Å². The predicted molar refractivity (Wildman–Crippen MR) is 111 cm³/mol. The highest BCUT2D eigenvalue weighted by Crippen LogP contribution is 2.26. The summed E-state index contributed by atoms with van der Waals surface area (Å²) >= 11 is 11.8. The van der Waals surface area contributed by atoms with Crippen LogP contribution in [-0.2, 0) is 17.9 Å². The molecular weight excluding hydrogens is 397 g/mol. The lowest BCUT2D eigenvalue weighted by atomic mass is 10.2. The van der Waals surface area contributed by atoms with Gasteiger partial charge in [-0.2, -0.15) is 5.10 Å². The number of ether oxygens (including phenoxy) is 1. The third-order valence-corrected chi connectivity index (χ3v) is 5.17. The minimum atomic E-state index is -0.222. The number of amides is 1. The van der Waals surface area contributed by atoms with Crippen LogP contribution in [0, 0.1) is 13.8 Å². The maximum Gasteiger partial charge on any atom is 0.258 e. The zero-order valence-corrected chi connectivity index (χ0v) is 17.2. The van der Waals surface area contributed by atoms with Crippen molar-refractivity contribution in [2.45, 2.75) is 26.9 Å². The van der Waals surface area contributed by atoms with Crippen molar-refractivity contribution >= 4 is 29.1 Å². The molecule has 0 fully saturated rings. The second kappa shape index (κ2) is 9.13. The molecule has 0 radical (unpaired) electrons. The van der Waals surface area contributed by atoms with Gasteiger partial charge in [-0.3, -0.25) is 9.48 Å². The van der Waals surface area contributed by atoms with Crippen LogP contribution >= 0.6 is 23.2 Å². The van der Waals surface area contributed by atoms with Crippen LogP contribution in [0.3, 0.4) is 0 Å². The van der Waals surface area contributed by atoms with Crippen molar-refractivity contribution in [2.75, 3.05) is 6.61 Å². The van der Waals surface area contributed by atoms with Gasteiger partial charge in [0.05, 0.1) is 22.3 Å². The van der Waals surface area contributed by atoms with Crippen molar-refractivity contribution in [3.05, 3.63) is 81.1 Å². The first kappa shape index (κ1) is 20.2. The van der Waals surface area contributed by atoms with Crippen LogP contribution in [0.4, 0.5) is 0 Å². The summed E-state index contributed by atoms with van der Waals surface area (Å²) in [5, 5.41) is 8.31. The molecule has 0 aliphatic rings. The highest BCUT2D eigenvalue weighted by Gasteiger charge is 2.13. The Bertz CT molecular complexity index is 971. The van der Waals surface area contributed by atoms with E-state index in [0.29, 0.717) is 28.9 Å². The van der Waals surface area contributed by atoms with Gasteiger partial charge in [-0.1, -0.05) is 53.5 Å². The molecule has 146 valence electrons. The summed E-state index contributed by atoms with van der Waals surface area (Å²) in [6.45, 7) is 4.95.